The van der Waals surface area contributed by atoms with Crippen LogP contribution in [0.1, 0.15) is 39.7 Å². The number of aromatic nitrogens is 1. The highest BCUT2D eigenvalue weighted by molar-refractivity contribution is 7.11. The quantitative estimate of drug-likeness (QED) is 0.901. The van der Waals surface area contributed by atoms with E-state index in [9.17, 15) is 5.11 Å². The first-order valence-electron chi connectivity index (χ1n) is 5.76. The second kappa shape index (κ2) is 4.98. The molecule has 1 aromatic heterocycles. The van der Waals surface area contributed by atoms with Crippen LogP contribution in [0.3, 0.4) is 0 Å². The zero-order valence-electron chi connectivity index (χ0n) is 10.4. The zero-order valence-corrected chi connectivity index (χ0v) is 11.2. The van der Waals surface area contributed by atoms with Gasteiger partial charge in [0.25, 0.3) is 0 Å². The van der Waals surface area contributed by atoms with E-state index < -0.39 is 6.10 Å². The standard InChI is InChI=1S/C14H17NOS/c1-9-4-6-12(7-5-9)8-13-15-10(2)14(17-13)11(3)16/h4-7,11,16H,8H2,1-3H3. The van der Waals surface area contributed by atoms with Gasteiger partial charge in [0, 0.05) is 6.42 Å². The molecule has 1 atom stereocenters. The maximum absolute atomic E-state index is 9.59. The number of thiazole rings is 1. The number of hydrogen-bond donors (Lipinski definition) is 1. The molecule has 90 valence electrons. The largest absolute Gasteiger partial charge is 0.388 e. The topological polar surface area (TPSA) is 33.1 Å². The molecule has 2 nitrogen and oxygen atoms in total. The molecule has 0 saturated carbocycles. The summed E-state index contributed by atoms with van der Waals surface area (Å²) < 4.78 is 0. The Bertz CT molecular complexity index is 499. The van der Waals surface area contributed by atoms with Gasteiger partial charge in [-0.05, 0) is 26.3 Å². The minimum absolute atomic E-state index is 0.417. The molecule has 17 heavy (non-hydrogen) atoms. The molecule has 1 N–H and O–H groups in total. The van der Waals surface area contributed by atoms with Crippen LogP contribution in [0.25, 0.3) is 0 Å². The smallest absolute Gasteiger partial charge is 0.0975 e. The third-order valence-electron chi connectivity index (χ3n) is 2.73. The van der Waals surface area contributed by atoms with E-state index in [1.807, 2.05) is 6.92 Å². The van der Waals surface area contributed by atoms with Crippen LogP contribution in [0, 0.1) is 13.8 Å². The predicted molar refractivity (Wildman–Crippen MR) is 71.5 cm³/mol. The van der Waals surface area contributed by atoms with Crippen molar-refractivity contribution in [2.75, 3.05) is 0 Å². The summed E-state index contributed by atoms with van der Waals surface area (Å²) in [5.41, 5.74) is 3.49. The first kappa shape index (κ1) is 12.3. The molecule has 3 heteroatoms. The Kier molecular flexibility index (Phi) is 3.60. The van der Waals surface area contributed by atoms with Crippen molar-refractivity contribution >= 4 is 11.3 Å². The lowest BCUT2D eigenvalue weighted by atomic mass is 10.1. The third-order valence-corrected chi connectivity index (χ3v) is 4.06. The summed E-state index contributed by atoms with van der Waals surface area (Å²) in [6, 6.07) is 8.50. The van der Waals surface area contributed by atoms with Crippen molar-refractivity contribution in [2.45, 2.75) is 33.3 Å². The second-order valence-electron chi connectivity index (χ2n) is 4.40. The third kappa shape index (κ3) is 2.93. The fourth-order valence-electron chi connectivity index (χ4n) is 1.81. The SMILES string of the molecule is Cc1ccc(Cc2nc(C)c(C(C)O)s2)cc1. The van der Waals surface area contributed by atoms with Crippen molar-refractivity contribution in [1.82, 2.24) is 4.98 Å². The Balaban J connectivity index is 2.19. The van der Waals surface area contributed by atoms with Crippen molar-refractivity contribution in [3.63, 3.8) is 0 Å². The zero-order chi connectivity index (χ0) is 12.4. The van der Waals surface area contributed by atoms with Gasteiger partial charge in [-0.1, -0.05) is 29.8 Å². The lowest BCUT2D eigenvalue weighted by Gasteiger charge is -1.99. The van der Waals surface area contributed by atoms with E-state index in [2.05, 4.69) is 36.2 Å². The summed E-state index contributed by atoms with van der Waals surface area (Å²) in [5.74, 6) is 0. The van der Waals surface area contributed by atoms with Crippen molar-refractivity contribution < 1.29 is 5.11 Å². The number of aryl methyl sites for hydroxylation is 2. The fraction of sp³-hybridized carbons (Fsp3) is 0.357. The van der Waals surface area contributed by atoms with Gasteiger partial charge < -0.3 is 5.11 Å². The van der Waals surface area contributed by atoms with E-state index in [0.717, 1.165) is 22.0 Å². The van der Waals surface area contributed by atoms with Gasteiger partial charge in [0.15, 0.2) is 0 Å². The van der Waals surface area contributed by atoms with Gasteiger partial charge >= 0.3 is 0 Å². The predicted octanol–water partition coefficient (Wildman–Crippen LogP) is 3.40. The Morgan fingerprint density at radius 2 is 1.88 bits per heavy atom. The summed E-state index contributed by atoms with van der Waals surface area (Å²) in [7, 11) is 0. The van der Waals surface area contributed by atoms with Crippen molar-refractivity contribution in [3.8, 4) is 0 Å². The number of aliphatic hydroxyl groups excluding tert-OH is 1. The summed E-state index contributed by atoms with van der Waals surface area (Å²) >= 11 is 1.61. The minimum Gasteiger partial charge on any atom is -0.388 e. The van der Waals surface area contributed by atoms with Gasteiger partial charge in [-0.2, -0.15) is 0 Å². The summed E-state index contributed by atoms with van der Waals surface area (Å²) in [6.07, 6.45) is 0.428. The molecule has 2 aromatic rings. The average molecular weight is 247 g/mol. The Morgan fingerprint density at radius 3 is 2.41 bits per heavy atom. The van der Waals surface area contributed by atoms with Crippen LogP contribution in [0.2, 0.25) is 0 Å². The molecule has 0 amide bonds. The first-order chi connectivity index (χ1) is 8.06. The van der Waals surface area contributed by atoms with E-state index in [4.69, 9.17) is 0 Å². The normalized spacial score (nSPS) is 12.7. The summed E-state index contributed by atoms with van der Waals surface area (Å²) in [4.78, 5) is 5.49. The van der Waals surface area contributed by atoms with E-state index in [-0.39, 0.29) is 0 Å². The Hall–Kier alpha value is -1.19. The molecular weight excluding hydrogens is 230 g/mol. The summed E-state index contributed by atoms with van der Waals surface area (Å²) in [5, 5.41) is 10.7. The molecule has 0 aliphatic rings. The van der Waals surface area contributed by atoms with E-state index in [1.54, 1.807) is 18.3 Å². The highest BCUT2D eigenvalue weighted by Gasteiger charge is 2.12. The van der Waals surface area contributed by atoms with Gasteiger partial charge in [0.2, 0.25) is 0 Å². The van der Waals surface area contributed by atoms with Crippen LogP contribution in [0.5, 0.6) is 0 Å². The monoisotopic (exact) mass is 247 g/mol. The van der Waals surface area contributed by atoms with Crippen LogP contribution < -0.4 is 0 Å². The van der Waals surface area contributed by atoms with Gasteiger partial charge in [-0.25, -0.2) is 4.98 Å². The van der Waals surface area contributed by atoms with Crippen LogP contribution in [0.15, 0.2) is 24.3 Å². The van der Waals surface area contributed by atoms with Crippen LogP contribution in [-0.4, -0.2) is 10.1 Å². The molecule has 0 aliphatic heterocycles. The number of nitrogens with zero attached hydrogens (tertiary/aromatic N) is 1. The lowest BCUT2D eigenvalue weighted by molar-refractivity contribution is 0.202. The van der Waals surface area contributed by atoms with Crippen LogP contribution >= 0.6 is 11.3 Å². The average Bonchev–Trinajstić information content (AvgIpc) is 2.63. The van der Waals surface area contributed by atoms with Crippen LogP contribution in [-0.2, 0) is 6.42 Å². The molecule has 1 aromatic carbocycles. The van der Waals surface area contributed by atoms with Gasteiger partial charge in [-0.15, -0.1) is 11.3 Å². The molecule has 0 aliphatic carbocycles. The molecule has 0 saturated heterocycles. The van der Waals surface area contributed by atoms with E-state index >= 15 is 0 Å². The maximum atomic E-state index is 9.59. The number of hydrogen-bond acceptors (Lipinski definition) is 3. The highest BCUT2D eigenvalue weighted by atomic mass is 32.1. The molecule has 1 heterocycles. The van der Waals surface area contributed by atoms with Crippen molar-refractivity contribution in [3.05, 3.63) is 51.0 Å². The molecule has 2 rings (SSSR count). The molecule has 0 fully saturated rings. The Labute approximate surface area is 106 Å². The highest BCUT2D eigenvalue weighted by Crippen LogP contribution is 2.26. The van der Waals surface area contributed by atoms with Gasteiger partial charge in [0.1, 0.15) is 0 Å². The van der Waals surface area contributed by atoms with Gasteiger partial charge in [0.05, 0.1) is 21.7 Å². The van der Waals surface area contributed by atoms with Crippen molar-refractivity contribution in [1.29, 1.82) is 0 Å². The molecule has 0 radical (unpaired) electrons. The van der Waals surface area contributed by atoms with Crippen LogP contribution in [0.4, 0.5) is 0 Å². The van der Waals surface area contributed by atoms with Gasteiger partial charge in [-0.3, -0.25) is 0 Å². The van der Waals surface area contributed by atoms with E-state index in [1.165, 1.54) is 11.1 Å². The van der Waals surface area contributed by atoms with E-state index in [0.29, 0.717) is 0 Å². The maximum Gasteiger partial charge on any atom is 0.0975 e. The lowest BCUT2D eigenvalue weighted by Crippen LogP contribution is -1.89. The fourth-order valence-corrected chi connectivity index (χ4v) is 2.85. The number of aliphatic hydroxyl groups is 1. The van der Waals surface area contributed by atoms with Crippen molar-refractivity contribution in [2.24, 2.45) is 0 Å². The molecule has 1 unspecified atom stereocenters. The number of benzene rings is 1. The number of rotatable bonds is 3. The molecule has 0 spiro atoms. The first-order valence-corrected chi connectivity index (χ1v) is 6.57. The summed E-state index contributed by atoms with van der Waals surface area (Å²) in [6.45, 7) is 5.83. The molecule has 0 bridgehead atoms. The second-order valence-corrected chi connectivity index (χ2v) is 5.51. The molecular formula is C14H17NOS. The Morgan fingerprint density at radius 1 is 1.24 bits per heavy atom. The minimum atomic E-state index is -0.417.